The topological polar surface area (TPSA) is 35.8 Å². The van der Waals surface area contributed by atoms with E-state index in [0.717, 1.165) is 18.4 Å². The van der Waals surface area contributed by atoms with Gasteiger partial charge in [-0.2, -0.15) is 5.26 Å². The number of hydrogen-bond acceptors (Lipinski definition) is 2. The number of rotatable bonds is 3. The molecule has 2 rings (SSSR count). The summed E-state index contributed by atoms with van der Waals surface area (Å²) in [6, 6.07) is 7.97. The zero-order valence-corrected chi connectivity index (χ0v) is 10.4. The first-order valence-corrected chi connectivity index (χ1v) is 5.92. The standard InChI is InChI=1S/C12H12Cl2N2/c1-16-11(12(7-15)4-5-12)8-2-3-9(13)10(14)6-8/h2-3,6,11,16H,4-5H2,1H3. The van der Waals surface area contributed by atoms with E-state index in [1.54, 1.807) is 6.07 Å². The summed E-state index contributed by atoms with van der Waals surface area (Å²) in [5.74, 6) is 0. The van der Waals surface area contributed by atoms with Crippen LogP contribution >= 0.6 is 23.2 Å². The first-order valence-electron chi connectivity index (χ1n) is 5.16. The van der Waals surface area contributed by atoms with Crippen LogP contribution < -0.4 is 5.32 Å². The smallest absolute Gasteiger partial charge is 0.0769 e. The fourth-order valence-electron chi connectivity index (χ4n) is 2.05. The van der Waals surface area contributed by atoms with E-state index in [4.69, 9.17) is 23.2 Å². The number of hydrogen-bond donors (Lipinski definition) is 1. The lowest BCUT2D eigenvalue weighted by Crippen LogP contribution is -2.25. The third-order valence-electron chi connectivity index (χ3n) is 3.13. The van der Waals surface area contributed by atoms with E-state index >= 15 is 0 Å². The number of nitrogens with one attached hydrogen (secondary N) is 1. The summed E-state index contributed by atoms with van der Waals surface area (Å²) in [5.41, 5.74) is 0.766. The van der Waals surface area contributed by atoms with Crippen molar-refractivity contribution in [2.24, 2.45) is 5.41 Å². The van der Waals surface area contributed by atoms with E-state index in [0.29, 0.717) is 10.0 Å². The summed E-state index contributed by atoms with van der Waals surface area (Å²) >= 11 is 11.9. The normalized spacial score (nSPS) is 18.9. The maximum Gasteiger partial charge on any atom is 0.0769 e. The lowest BCUT2D eigenvalue weighted by atomic mass is 9.91. The average molecular weight is 255 g/mol. The van der Waals surface area contributed by atoms with Gasteiger partial charge in [0, 0.05) is 0 Å². The lowest BCUT2D eigenvalue weighted by Gasteiger charge is -2.21. The van der Waals surface area contributed by atoms with Crippen molar-refractivity contribution < 1.29 is 0 Å². The lowest BCUT2D eigenvalue weighted by molar-refractivity contribution is 0.444. The van der Waals surface area contributed by atoms with Crippen LogP contribution in [-0.4, -0.2) is 7.05 Å². The third-order valence-corrected chi connectivity index (χ3v) is 3.87. The molecule has 1 saturated carbocycles. The Balaban J connectivity index is 2.35. The molecule has 1 N–H and O–H groups in total. The summed E-state index contributed by atoms with van der Waals surface area (Å²) < 4.78 is 0. The average Bonchev–Trinajstić information content (AvgIpc) is 3.05. The highest BCUT2D eigenvalue weighted by molar-refractivity contribution is 6.42. The van der Waals surface area contributed by atoms with E-state index in [1.807, 2.05) is 19.2 Å². The molecule has 16 heavy (non-hydrogen) atoms. The molecule has 1 aliphatic carbocycles. The first-order chi connectivity index (χ1) is 7.63. The van der Waals surface area contributed by atoms with Crippen LogP contribution in [0.2, 0.25) is 10.0 Å². The van der Waals surface area contributed by atoms with Gasteiger partial charge in [-0.05, 0) is 37.6 Å². The molecule has 1 unspecified atom stereocenters. The minimum atomic E-state index is -0.258. The van der Waals surface area contributed by atoms with Gasteiger partial charge in [-0.1, -0.05) is 29.3 Å². The highest BCUT2D eigenvalue weighted by Crippen LogP contribution is 2.54. The molecule has 0 aromatic heterocycles. The Morgan fingerprint density at radius 3 is 2.50 bits per heavy atom. The molecule has 1 aromatic carbocycles. The molecule has 1 atom stereocenters. The monoisotopic (exact) mass is 254 g/mol. The number of halogens is 2. The van der Waals surface area contributed by atoms with Gasteiger partial charge >= 0.3 is 0 Å². The maximum absolute atomic E-state index is 9.19. The van der Waals surface area contributed by atoms with Crippen LogP contribution in [0.3, 0.4) is 0 Å². The van der Waals surface area contributed by atoms with E-state index in [9.17, 15) is 5.26 Å². The van der Waals surface area contributed by atoms with Gasteiger partial charge in [0.25, 0.3) is 0 Å². The summed E-state index contributed by atoms with van der Waals surface area (Å²) in [4.78, 5) is 0. The van der Waals surface area contributed by atoms with E-state index in [2.05, 4.69) is 11.4 Å². The predicted molar refractivity (Wildman–Crippen MR) is 65.5 cm³/mol. The molecule has 0 spiro atoms. The summed E-state index contributed by atoms with van der Waals surface area (Å²) in [6.45, 7) is 0. The van der Waals surface area contributed by atoms with E-state index < -0.39 is 0 Å². The van der Waals surface area contributed by atoms with Crippen molar-refractivity contribution in [2.75, 3.05) is 7.05 Å². The maximum atomic E-state index is 9.19. The second-order valence-corrected chi connectivity index (χ2v) is 4.98. The molecule has 0 heterocycles. The quantitative estimate of drug-likeness (QED) is 0.896. The van der Waals surface area contributed by atoms with Crippen LogP contribution in [0.4, 0.5) is 0 Å². The fraction of sp³-hybridized carbons (Fsp3) is 0.417. The van der Waals surface area contributed by atoms with E-state index in [1.165, 1.54) is 0 Å². The number of nitriles is 1. The van der Waals surface area contributed by atoms with E-state index in [-0.39, 0.29) is 11.5 Å². The van der Waals surface area contributed by atoms with Gasteiger partial charge in [0.15, 0.2) is 0 Å². The van der Waals surface area contributed by atoms with Gasteiger partial charge < -0.3 is 5.32 Å². The van der Waals surface area contributed by atoms with Gasteiger partial charge in [-0.15, -0.1) is 0 Å². The van der Waals surface area contributed by atoms with Gasteiger partial charge in [-0.3, -0.25) is 0 Å². The Morgan fingerprint density at radius 2 is 2.06 bits per heavy atom. The van der Waals surface area contributed by atoms with Crippen LogP contribution in [0, 0.1) is 16.7 Å². The molecular formula is C12H12Cl2N2. The molecule has 2 nitrogen and oxygen atoms in total. The van der Waals surface area contributed by atoms with Crippen LogP contribution in [0.15, 0.2) is 18.2 Å². The zero-order chi connectivity index (χ0) is 11.8. The van der Waals surface area contributed by atoms with Crippen LogP contribution in [-0.2, 0) is 0 Å². The number of benzene rings is 1. The van der Waals surface area contributed by atoms with Crippen molar-refractivity contribution in [3.05, 3.63) is 33.8 Å². The molecule has 0 amide bonds. The number of nitrogens with zero attached hydrogens (tertiary/aromatic N) is 1. The molecule has 84 valence electrons. The van der Waals surface area contributed by atoms with Gasteiger partial charge in [-0.25, -0.2) is 0 Å². The predicted octanol–water partition coefficient (Wildman–Crippen LogP) is 3.56. The van der Waals surface area contributed by atoms with Crippen molar-refractivity contribution in [1.82, 2.24) is 5.32 Å². The molecule has 0 bridgehead atoms. The van der Waals surface area contributed by atoms with Gasteiger partial charge in [0.2, 0.25) is 0 Å². The Bertz CT molecular complexity index is 447. The molecule has 4 heteroatoms. The largest absolute Gasteiger partial charge is 0.312 e. The highest BCUT2D eigenvalue weighted by atomic mass is 35.5. The first kappa shape index (κ1) is 11.7. The Morgan fingerprint density at radius 1 is 1.38 bits per heavy atom. The fourth-order valence-corrected chi connectivity index (χ4v) is 2.36. The minimum Gasteiger partial charge on any atom is -0.312 e. The van der Waals surface area contributed by atoms with Crippen LogP contribution in [0.1, 0.15) is 24.4 Å². The molecule has 1 aromatic rings. The van der Waals surface area contributed by atoms with Crippen molar-refractivity contribution in [3.8, 4) is 6.07 Å². The van der Waals surface area contributed by atoms with Gasteiger partial charge in [0.1, 0.15) is 0 Å². The molecule has 1 aliphatic rings. The molecule has 0 aliphatic heterocycles. The Hall–Kier alpha value is -0.750. The van der Waals surface area contributed by atoms with Gasteiger partial charge in [0.05, 0.1) is 27.6 Å². The minimum absolute atomic E-state index is 0.0345. The molecule has 0 saturated heterocycles. The summed E-state index contributed by atoms with van der Waals surface area (Å²) in [6.07, 6.45) is 1.88. The van der Waals surface area contributed by atoms with Crippen molar-refractivity contribution >= 4 is 23.2 Å². The van der Waals surface area contributed by atoms with Crippen molar-refractivity contribution in [1.29, 1.82) is 5.26 Å². The highest BCUT2D eigenvalue weighted by Gasteiger charge is 2.50. The molecule has 0 radical (unpaired) electrons. The zero-order valence-electron chi connectivity index (χ0n) is 8.93. The van der Waals surface area contributed by atoms with Crippen molar-refractivity contribution in [2.45, 2.75) is 18.9 Å². The summed E-state index contributed by atoms with van der Waals surface area (Å²) in [5, 5.41) is 13.5. The second kappa shape index (κ2) is 4.25. The SMILES string of the molecule is CNC(c1ccc(Cl)c(Cl)c1)C1(C#N)CC1. The summed E-state index contributed by atoms with van der Waals surface area (Å²) in [7, 11) is 1.87. The molecule has 1 fully saturated rings. The Labute approximate surface area is 105 Å². The third kappa shape index (κ3) is 1.91. The molecular weight excluding hydrogens is 243 g/mol. The van der Waals surface area contributed by atoms with Crippen molar-refractivity contribution in [3.63, 3.8) is 0 Å². The van der Waals surface area contributed by atoms with Crippen LogP contribution in [0.5, 0.6) is 0 Å². The van der Waals surface area contributed by atoms with Crippen LogP contribution in [0.25, 0.3) is 0 Å². The Kier molecular flexibility index (Phi) is 3.12. The second-order valence-electron chi connectivity index (χ2n) is 4.16.